The van der Waals surface area contributed by atoms with Crippen LogP contribution in [0.5, 0.6) is 5.75 Å². The molecule has 0 aliphatic carbocycles. The number of aliphatic carboxylic acids is 1. The van der Waals surface area contributed by atoms with E-state index in [1.807, 2.05) is 25.1 Å². The molecule has 0 amide bonds. The van der Waals surface area contributed by atoms with Crippen molar-refractivity contribution in [3.8, 4) is 16.9 Å². The number of carbonyl (C=O) groups is 1. The van der Waals surface area contributed by atoms with Gasteiger partial charge in [0.1, 0.15) is 5.75 Å². The highest BCUT2D eigenvalue weighted by Crippen LogP contribution is 2.31. The van der Waals surface area contributed by atoms with E-state index in [4.69, 9.17) is 9.84 Å². The second-order valence-electron chi connectivity index (χ2n) is 4.00. The minimum absolute atomic E-state index is 0.539. The third-order valence-corrected chi connectivity index (χ3v) is 2.66. The molecule has 0 saturated carbocycles. The molecular formula is C13H14N2O3. The summed E-state index contributed by atoms with van der Waals surface area (Å²) in [5, 5.41) is 15.7. The number of para-hydroxylation sites is 1. The lowest BCUT2D eigenvalue weighted by molar-refractivity contribution is -0.144. The number of H-pyrrole nitrogens is 1. The number of carboxylic acid groups (broad SMARTS) is 1. The van der Waals surface area contributed by atoms with Crippen LogP contribution in [0.4, 0.5) is 0 Å². The number of benzene rings is 1. The lowest BCUT2D eigenvalue weighted by Crippen LogP contribution is -2.23. The highest BCUT2D eigenvalue weighted by atomic mass is 16.5. The molecule has 1 aromatic carbocycles. The zero-order valence-electron chi connectivity index (χ0n) is 10.2. The summed E-state index contributed by atoms with van der Waals surface area (Å²) in [6, 6.07) is 7.31. The zero-order chi connectivity index (χ0) is 13.1. The number of aromatic nitrogens is 2. The Labute approximate surface area is 104 Å². The van der Waals surface area contributed by atoms with Crippen LogP contribution in [0.2, 0.25) is 0 Å². The molecule has 18 heavy (non-hydrogen) atoms. The molecule has 1 atom stereocenters. The Morgan fingerprint density at radius 1 is 1.39 bits per heavy atom. The molecule has 0 bridgehead atoms. The molecule has 2 rings (SSSR count). The predicted octanol–water partition coefficient (Wildman–Crippen LogP) is 2.24. The Bertz CT molecular complexity index is 563. The van der Waals surface area contributed by atoms with Crippen molar-refractivity contribution in [2.24, 2.45) is 0 Å². The number of carboxylic acids is 1. The van der Waals surface area contributed by atoms with Gasteiger partial charge in [0.15, 0.2) is 6.10 Å². The van der Waals surface area contributed by atoms with Crippen LogP contribution in [0.3, 0.4) is 0 Å². The standard InChI is InChI=1S/C13H14N2O3/c1-8-11(7-14-15-8)10-5-3-4-6-12(10)18-9(2)13(16)17/h3-7,9H,1-2H3,(H,14,15)(H,16,17). The lowest BCUT2D eigenvalue weighted by atomic mass is 10.1. The van der Waals surface area contributed by atoms with Crippen LogP contribution in [0.25, 0.3) is 11.1 Å². The third kappa shape index (κ3) is 2.34. The molecule has 1 heterocycles. The molecule has 0 aliphatic heterocycles. The molecular weight excluding hydrogens is 232 g/mol. The van der Waals surface area contributed by atoms with Gasteiger partial charge >= 0.3 is 5.97 Å². The summed E-state index contributed by atoms with van der Waals surface area (Å²) < 4.78 is 5.44. The van der Waals surface area contributed by atoms with E-state index in [2.05, 4.69) is 10.2 Å². The summed E-state index contributed by atoms with van der Waals surface area (Å²) in [6.45, 7) is 3.40. The van der Waals surface area contributed by atoms with Gasteiger partial charge in [0.25, 0.3) is 0 Å². The largest absolute Gasteiger partial charge is 0.479 e. The minimum Gasteiger partial charge on any atom is -0.479 e. The normalized spacial score (nSPS) is 12.1. The van der Waals surface area contributed by atoms with Gasteiger partial charge in [-0.15, -0.1) is 0 Å². The number of ether oxygens (including phenoxy) is 1. The fourth-order valence-electron chi connectivity index (χ4n) is 1.66. The van der Waals surface area contributed by atoms with Crippen molar-refractivity contribution in [3.05, 3.63) is 36.2 Å². The number of aryl methyl sites for hydroxylation is 1. The lowest BCUT2D eigenvalue weighted by Gasteiger charge is -2.14. The van der Waals surface area contributed by atoms with Crippen molar-refractivity contribution in [2.45, 2.75) is 20.0 Å². The number of rotatable bonds is 4. The van der Waals surface area contributed by atoms with Crippen LogP contribution in [0, 0.1) is 6.92 Å². The van der Waals surface area contributed by atoms with Crippen LogP contribution in [0.15, 0.2) is 30.5 Å². The molecule has 1 aromatic heterocycles. The number of hydrogen-bond donors (Lipinski definition) is 2. The third-order valence-electron chi connectivity index (χ3n) is 2.66. The second-order valence-corrected chi connectivity index (χ2v) is 4.00. The van der Waals surface area contributed by atoms with Crippen molar-refractivity contribution in [3.63, 3.8) is 0 Å². The number of nitrogens with one attached hydrogen (secondary N) is 1. The Balaban J connectivity index is 2.38. The quantitative estimate of drug-likeness (QED) is 0.867. The van der Waals surface area contributed by atoms with Crippen molar-refractivity contribution >= 4 is 5.97 Å². The van der Waals surface area contributed by atoms with Gasteiger partial charge in [-0.1, -0.05) is 18.2 Å². The first-order chi connectivity index (χ1) is 8.59. The van der Waals surface area contributed by atoms with Crippen molar-refractivity contribution in [1.82, 2.24) is 10.2 Å². The maximum atomic E-state index is 10.8. The second kappa shape index (κ2) is 4.91. The Morgan fingerprint density at radius 3 is 2.72 bits per heavy atom. The molecule has 0 radical (unpaired) electrons. The van der Waals surface area contributed by atoms with Crippen LogP contribution in [-0.2, 0) is 4.79 Å². The van der Waals surface area contributed by atoms with Gasteiger partial charge in [0.2, 0.25) is 0 Å². The van der Waals surface area contributed by atoms with E-state index in [0.717, 1.165) is 16.8 Å². The van der Waals surface area contributed by atoms with Crippen molar-refractivity contribution < 1.29 is 14.6 Å². The van der Waals surface area contributed by atoms with Gasteiger partial charge < -0.3 is 9.84 Å². The number of hydrogen-bond acceptors (Lipinski definition) is 3. The summed E-state index contributed by atoms with van der Waals surface area (Å²) in [5.41, 5.74) is 2.65. The van der Waals surface area contributed by atoms with E-state index in [1.54, 1.807) is 12.3 Å². The van der Waals surface area contributed by atoms with Gasteiger partial charge in [0.05, 0.1) is 6.20 Å². The molecule has 2 N–H and O–H groups in total. The maximum Gasteiger partial charge on any atom is 0.344 e. The molecule has 2 aromatic rings. The zero-order valence-corrected chi connectivity index (χ0v) is 10.2. The molecule has 94 valence electrons. The van der Waals surface area contributed by atoms with E-state index in [1.165, 1.54) is 6.92 Å². The Morgan fingerprint density at radius 2 is 2.11 bits per heavy atom. The van der Waals surface area contributed by atoms with Crippen LogP contribution in [-0.4, -0.2) is 27.4 Å². The smallest absolute Gasteiger partial charge is 0.344 e. The van der Waals surface area contributed by atoms with Gasteiger partial charge in [0, 0.05) is 16.8 Å². The molecule has 0 aliphatic rings. The Kier molecular flexibility index (Phi) is 3.32. The van der Waals surface area contributed by atoms with E-state index < -0.39 is 12.1 Å². The fraction of sp³-hybridized carbons (Fsp3) is 0.231. The summed E-state index contributed by atoms with van der Waals surface area (Å²) >= 11 is 0. The van der Waals surface area contributed by atoms with E-state index in [-0.39, 0.29) is 0 Å². The molecule has 0 saturated heterocycles. The predicted molar refractivity (Wildman–Crippen MR) is 66.5 cm³/mol. The first kappa shape index (κ1) is 12.2. The first-order valence-electron chi connectivity index (χ1n) is 5.58. The van der Waals surface area contributed by atoms with Crippen LogP contribution in [0.1, 0.15) is 12.6 Å². The summed E-state index contributed by atoms with van der Waals surface area (Å²) in [6.07, 6.45) is 0.807. The summed E-state index contributed by atoms with van der Waals surface area (Å²) in [4.78, 5) is 10.8. The monoisotopic (exact) mass is 246 g/mol. The fourth-order valence-corrected chi connectivity index (χ4v) is 1.66. The SMILES string of the molecule is Cc1[nH]ncc1-c1ccccc1OC(C)C(=O)O. The van der Waals surface area contributed by atoms with Crippen molar-refractivity contribution in [1.29, 1.82) is 0 Å². The highest BCUT2D eigenvalue weighted by molar-refractivity contribution is 5.75. The Hall–Kier alpha value is -2.30. The summed E-state index contributed by atoms with van der Waals surface area (Å²) in [5.74, 6) is -0.453. The molecule has 1 unspecified atom stereocenters. The van der Waals surface area contributed by atoms with E-state index in [0.29, 0.717) is 5.75 Å². The number of nitrogens with zero attached hydrogens (tertiary/aromatic N) is 1. The first-order valence-corrected chi connectivity index (χ1v) is 5.58. The van der Waals surface area contributed by atoms with Gasteiger partial charge in [-0.2, -0.15) is 5.10 Å². The van der Waals surface area contributed by atoms with Crippen LogP contribution < -0.4 is 4.74 Å². The summed E-state index contributed by atoms with van der Waals surface area (Å²) in [7, 11) is 0. The molecule has 5 heteroatoms. The van der Waals surface area contributed by atoms with Crippen molar-refractivity contribution in [2.75, 3.05) is 0 Å². The van der Waals surface area contributed by atoms with Crippen LogP contribution >= 0.6 is 0 Å². The average Bonchev–Trinajstić information content (AvgIpc) is 2.76. The topological polar surface area (TPSA) is 75.2 Å². The molecule has 5 nitrogen and oxygen atoms in total. The van der Waals surface area contributed by atoms with E-state index in [9.17, 15) is 4.79 Å². The minimum atomic E-state index is -0.992. The van der Waals surface area contributed by atoms with Gasteiger partial charge in [-0.3, -0.25) is 5.10 Å². The maximum absolute atomic E-state index is 10.8. The van der Waals surface area contributed by atoms with E-state index >= 15 is 0 Å². The van der Waals surface area contributed by atoms with Gasteiger partial charge in [-0.05, 0) is 19.9 Å². The molecule has 0 spiro atoms. The molecule has 0 fully saturated rings. The highest BCUT2D eigenvalue weighted by Gasteiger charge is 2.16. The average molecular weight is 246 g/mol. The van der Waals surface area contributed by atoms with Gasteiger partial charge in [-0.25, -0.2) is 4.79 Å². The number of aromatic amines is 1.